The van der Waals surface area contributed by atoms with Crippen molar-refractivity contribution in [3.05, 3.63) is 77.0 Å². The molecule has 0 aliphatic carbocycles. The Morgan fingerprint density at radius 1 is 0.963 bits per heavy atom. The molecule has 0 saturated carbocycles. The molecule has 0 spiro atoms. The van der Waals surface area contributed by atoms with Crippen molar-refractivity contribution in [2.75, 3.05) is 13.1 Å². The molecule has 2 amide bonds. The lowest BCUT2D eigenvalue weighted by Crippen LogP contribution is -2.41. The van der Waals surface area contributed by atoms with Gasteiger partial charge in [-0.1, -0.05) is 30.3 Å². The molecule has 0 bridgehead atoms. The highest BCUT2D eigenvalue weighted by Crippen LogP contribution is 2.14. The monoisotopic (exact) mass is 359 g/mol. The average Bonchev–Trinajstić information content (AvgIpc) is 2.74. The van der Waals surface area contributed by atoms with E-state index in [2.05, 4.69) is 5.32 Å². The summed E-state index contributed by atoms with van der Waals surface area (Å²) in [6.45, 7) is 1.41. The van der Waals surface area contributed by atoms with Crippen LogP contribution in [0.15, 0.2) is 60.3 Å². The minimum atomic E-state index is -0.368. The molecule has 2 aromatic carbocycles. The van der Waals surface area contributed by atoms with Crippen LogP contribution in [-0.4, -0.2) is 29.8 Å². The van der Waals surface area contributed by atoms with E-state index in [-0.39, 0.29) is 17.5 Å². The van der Waals surface area contributed by atoms with Gasteiger partial charge >= 0.3 is 0 Å². The van der Waals surface area contributed by atoms with Crippen LogP contribution in [-0.2, 0) is 4.79 Å². The minimum absolute atomic E-state index is 0.166. The number of nitrogens with one attached hydrogen (secondary N) is 1. The number of rotatable bonds is 4. The third-order valence-electron chi connectivity index (χ3n) is 4.51. The normalized spacial score (nSPS) is 14.3. The molecule has 2 aromatic rings. The molecule has 27 heavy (non-hydrogen) atoms. The van der Waals surface area contributed by atoms with Crippen molar-refractivity contribution >= 4 is 17.9 Å². The summed E-state index contributed by atoms with van der Waals surface area (Å²) >= 11 is 0. The fraction of sp³-hybridized carbons (Fsp3) is 0.227. The second kappa shape index (κ2) is 8.81. The van der Waals surface area contributed by atoms with Gasteiger partial charge in [-0.25, -0.2) is 0 Å². The van der Waals surface area contributed by atoms with Crippen molar-refractivity contribution in [1.82, 2.24) is 10.2 Å². The van der Waals surface area contributed by atoms with Crippen LogP contribution in [0.4, 0.5) is 0 Å². The highest BCUT2D eigenvalue weighted by atomic mass is 16.2. The number of likely N-dealkylation sites (tertiary alicyclic amines) is 1. The van der Waals surface area contributed by atoms with Crippen molar-refractivity contribution in [2.45, 2.75) is 19.3 Å². The zero-order chi connectivity index (χ0) is 19.1. The van der Waals surface area contributed by atoms with Gasteiger partial charge < -0.3 is 10.2 Å². The predicted octanol–water partition coefficient (Wildman–Crippen LogP) is 3.34. The Morgan fingerprint density at radius 3 is 2.26 bits per heavy atom. The number of benzene rings is 2. The van der Waals surface area contributed by atoms with Gasteiger partial charge in [0.25, 0.3) is 11.8 Å². The third kappa shape index (κ3) is 4.83. The SMILES string of the molecule is N#Cc1ccc(C(=O)NC(=Cc2ccccc2)C(=O)N2CCCCC2)cc1. The molecule has 0 unspecified atom stereocenters. The topological polar surface area (TPSA) is 73.2 Å². The maximum atomic E-state index is 13.0. The van der Waals surface area contributed by atoms with Crippen molar-refractivity contribution < 1.29 is 9.59 Å². The average molecular weight is 359 g/mol. The molecule has 1 aliphatic rings. The van der Waals surface area contributed by atoms with Crippen LogP contribution >= 0.6 is 0 Å². The summed E-state index contributed by atoms with van der Waals surface area (Å²) in [6, 6.07) is 17.8. The Morgan fingerprint density at radius 2 is 1.63 bits per heavy atom. The number of carbonyl (C=O) groups excluding carboxylic acids is 2. The molecule has 3 rings (SSSR count). The molecule has 1 aliphatic heterocycles. The van der Waals surface area contributed by atoms with Crippen LogP contribution in [0.25, 0.3) is 6.08 Å². The molecule has 136 valence electrons. The van der Waals surface area contributed by atoms with Gasteiger partial charge in [0.15, 0.2) is 0 Å². The standard InChI is InChI=1S/C22H21N3O2/c23-16-18-9-11-19(12-10-18)21(26)24-20(15-17-7-3-1-4-8-17)22(27)25-13-5-2-6-14-25/h1,3-4,7-12,15H,2,5-6,13-14H2,(H,24,26). The van der Waals surface area contributed by atoms with Gasteiger partial charge in [-0.05, 0) is 55.2 Å². The fourth-order valence-electron chi connectivity index (χ4n) is 3.03. The van der Waals surface area contributed by atoms with Crippen LogP contribution in [0, 0.1) is 11.3 Å². The van der Waals surface area contributed by atoms with Crippen LogP contribution < -0.4 is 5.32 Å². The molecule has 1 saturated heterocycles. The molecule has 5 nitrogen and oxygen atoms in total. The van der Waals surface area contributed by atoms with Gasteiger partial charge in [0.2, 0.25) is 0 Å². The molecule has 1 N–H and O–H groups in total. The minimum Gasteiger partial charge on any atom is -0.337 e. The Kier molecular flexibility index (Phi) is 6.01. The van der Waals surface area contributed by atoms with Crippen molar-refractivity contribution in [2.24, 2.45) is 0 Å². The number of nitriles is 1. The van der Waals surface area contributed by atoms with E-state index in [9.17, 15) is 9.59 Å². The van der Waals surface area contributed by atoms with Crippen LogP contribution in [0.1, 0.15) is 40.7 Å². The van der Waals surface area contributed by atoms with Gasteiger partial charge in [-0.2, -0.15) is 5.26 Å². The first-order chi connectivity index (χ1) is 13.2. The van der Waals surface area contributed by atoms with Gasteiger partial charge in [0.1, 0.15) is 5.70 Å². The lowest BCUT2D eigenvalue weighted by atomic mass is 10.1. The Bertz CT molecular complexity index is 874. The summed E-state index contributed by atoms with van der Waals surface area (Å²) in [4.78, 5) is 27.4. The summed E-state index contributed by atoms with van der Waals surface area (Å²) in [5, 5.41) is 11.6. The first kappa shape index (κ1) is 18.4. The lowest BCUT2D eigenvalue weighted by molar-refractivity contribution is -0.128. The lowest BCUT2D eigenvalue weighted by Gasteiger charge is -2.27. The van der Waals surface area contributed by atoms with Crippen LogP contribution in [0.5, 0.6) is 0 Å². The molecule has 0 radical (unpaired) electrons. The summed E-state index contributed by atoms with van der Waals surface area (Å²) < 4.78 is 0. The molecule has 0 aromatic heterocycles. The van der Waals surface area contributed by atoms with Crippen molar-refractivity contribution in [3.63, 3.8) is 0 Å². The third-order valence-corrected chi connectivity index (χ3v) is 4.51. The Labute approximate surface area is 158 Å². The fourth-order valence-corrected chi connectivity index (χ4v) is 3.03. The zero-order valence-electron chi connectivity index (χ0n) is 15.0. The first-order valence-electron chi connectivity index (χ1n) is 9.05. The molecule has 1 heterocycles. The summed E-state index contributed by atoms with van der Waals surface area (Å²) in [5.74, 6) is -0.535. The smallest absolute Gasteiger partial charge is 0.270 e. The van der Waals surface area contributed by atoms with E-state index in [1.54, 1.807) is 35.2 Å². The van der Waals surface area contributed by atoms with Gasteiger partial charge in [0.05, 0.1) is 11.6 Å². The summed E-state index contributed by atoms with van der Waals surface area (Å²) in [7, 11) is 0. The highest BCUT2D eigenvalue weighted by molar-refractivity contribution is 6.05. The predicted molar refractivity (Wildman–Crippen MR) is 103 cm³/mol. The second-order valence-electron chi connectivity index (χ2n) is 6.46. The number of hydrogen-bond donors (Lipinski definition) is 1. The van der Waals surface area contributed by atoms with E-state index in [1.807, 2.05) is 36.4 Å². The molecule has 1 fully saturated rings. The van der Waals surface area contributed by atoms with E-state index in [4.69, 9.17) is 5.26 Å². The van der Waals surface area contributed by atoms with E-state index < -0.39 is 0 Å². The highest BCUT2D eigenvalue weighted by Gasteiger charge is 2.22. The van der Waals surface area contributed by atoms with Gasteiger partial charge in [-0.15, -0.1) is 0 Å². The number of carbonyl (C=O) groups is 2. The van der Waals surface area contributed by atoms with Gasteiger partial charge in [0, 0.05) is 18.7 Å². The van der Waals surface area contributed by atoms with Crippen molar-refractivity contribution in [3.8, 4) is 6.07 Å². The Balaban J connectivity index is 1.84. The Hall–Kier alpha value is -3.39. The van der Waals surface area contributed by atoms with Crippen LogP contribution in [0.2, 0.25) is 0 Å². The van der Waals surface area contributed by atoms with Crippen molar-refractivity contribution in [1.29, 1.82) is 5.26 Å². The number of nitrogens with zero attached hydrogens (tertiary/aromatic N) is 2. The van der Waals surface area contributed by atoms with Crippen LogP contribution in [0.3, 0.4) is 0 Å². The number of piperidine rings is 1. The molecular weight excluding hydrogens is 338 g/mol. The molecule has 0 atom stereocenters. The molecule has 5 heteroatoms. The number of hydrogen-bond acceptors (Lipinski definition) is 3. The number of amides is 2. The quantitative estimate of drug-likeness (QED) is 0.851. The molecular formula is C22H21N3O2. The largest absolute Gasteiger partial charge is 0.337 e. The van der Waals surface area contributed by atoms with Gasteiger partial charge in [-0.3, -0.25) is 9.59 Å². The van der Waals surface area contributed by atoms with E-state index in [0.29, 0.717) is 24.2 Å². The maximum Gasteiger partial charge on any atom is 0.270 e. The first-order valence-corrected chi connectivity index (χ1v) is 9.05. The zero-order valence-corrected chi connectivity index (χ0v) is 15.0. The summed E-state index contributed by atoms with van der Waals surface area (Å²) in [5.41, 5.74) is 1.99. The van der Waals surface area contributed by atoms with E-state index >= 15 is 0 Å². The van der Waals surface area contributed by atoms with E-state index in [1.165, 1.54) is 0 Å². The summed E-state index contributed by atoms with van der Waals surface area (Å²) in [6.07, 6.45) is 4.79. The van der Waals surface area contributed by atoms with E-state index in [0.717, 1.165) is 24.8 Å². The maximum absolute atomic E-state index is 13.0. The second-order valence-corrected chi connectivity index (χ2v) is 6.46.